The maximum absolute atomic E-state index is 12.3. The van der Waals surface area contributed by atoms with Gasteiger partial charge in [-0.25, -0.2) is 4.79 Å². The number of hydrogen-bond acceptors (Lipinski definition) is 7. The Morgan fingerprint density at radius 2 is 1.63 bits per heavy atom. The van der Waals surface area contributed by atoms with Crippen LogP contribution in [0.25, 0.3) is 0 Å². The van der Waals surface area contributed by atoms with E-state index in [2.05, 4.69) is 16.0 Å². The number of nitrogens with two attached hydrogens (primary N) is 2. The molecule has 3 amide bonds. The fourth-order valence-corrected chi connectivity index (χ4v) is 2.05. The molecule has 9 N–H and O–H groups in total. The van der Waals surface area contributed by atoms with Gasteiger partial charge in [0, 0.05) is 0 Å². The van der Waals surface area contributed by atoms with Crippen LogP contribution in [0.15, 0.2) is 0 Å². The summed E-state index contributed by atoms with van der Waals surface area (Å²) in [6.07, 6.45) is 1.56. The lowest BCUT2D eigenvalue weighted by Crippen LogP contribution is -2.54. The number of carbonyl (C=O) groups excluding carboxylic acids is 3. The molecule has 0 aromatic rings. The van der Waals surface area contributed by atoms with E-state index in [-0.39, 0.29) is 5.92 Å². The fourth-order valence-electron chi connectivity index (χ4n) is 2.05. The van der Waals surface area contributed by atoms with Crippen LogP contribution in [-0.4, -0.2) is 71.7 Å². The summed E-state index contributed by atoms with van der Waals surface area (Å²) in [5, 5.41) is 24.6. The average molecular weight is 389 g/mol. The number of aliphatic hydroxyl groups excluding tert-OH is 1. The molecule has 0 bridgehead atoms. The number of unbranched alkanes of at least 4 members (excludes halogenated alkanes) is 1. The third-order valence-electron chi connectivity index (χ3n) is 3.84. The van der Waals surface area contributed by atoms with Gasteiger partial charge in [0.15, 0.2) is 0 Å². The van der Waals surface area contributed by atoms with E-state index in [4.69, 9.17) is 21.7 Å². The Kier molecular flexibility index (Phi) is 11.9. The Hall–Kier alpha value is -2.24. The van der Waals surface area contributed by atoms with Crippen LogP contribution in [0.2, 0.25) is 0 Å². The van der Waals surface area contributed by atoms with Gasteiger partial charge in [-0.05, 0) is 31.7 Å². The topological polar surface area (TPSA) is 197 Å². The van der Waals surface area contributed by atoms with Crippen LogP contribution < -0.4 is 27.4 Å². The highest BCUT2D eigenvalue weighted by Gasteiger charge is 2.25. The van der Waals surface area contributed by atoms with Crippen molar-refractivity contribution in [3.05, 3.63) is 0 Å². The van der Waals surface area contributed by atoms with E-state index < -0.39 is 55.0 Å². The Morgan fingerprint density at radius 1 is 1.00 bits per heavy atom. The van der Waals surface area contributed by atoms with E-state index in [9.17, 15) is 19.2 Å². The van der Waals surface area contributed by atoms with Gasteiger partial charge in [0.05, 0.1) is 19.2 Å². The molecule has 0 spiro atoms. The van der Waals surface area contributed by atoms with Crippen molar-refractivity contribution < 1.29 is 29.4 Å². The lowest BCUT2D eigenvalue weighted by atomic mass is 10.0. The Balaban J connectivity index is 4.75. The number of rotatable bonds is 13. The normalized spacial score (nSPS) is 14.1. The van der Waals surface area contributed by atoms with Gasteiger partial charge in [-0.1, -0.05) is 13.8 Å². The number of carboxylic acids is 1. The molecule has 27 heavy (non-hydrogen) atoms. The standard InChI is InChI=1S/C16H31N5O6/c1-9(2)13(18)15(25)21-10(5-3-4-6-17)14(24)19-7-12(23)20-11(8-22)16(26)27/h9-11,13,22H,3-8,17-18H2,1-2H3,(H,19,24)(H,20,23)(H,21,25)(H,26,27). The minimum absolute atomic E-state index is 0.116. The van der Waals surface area contributed by atoms with E-state index >= 15 is 0 Å². The van der Waals surface area contributed by atoms with Crippen molar-refractivity contribution in [2.75, 3.05) is 19.7 Å². The first-order chi connectivity index (χ1) is 12.6. The average Bonchev–Trinajstić information content (AvgIpc) is 2.62. The smallest absolute Gasteiger partial charge is 0.328 e. The number of carboxylic acid groups (broad SMARTS) is 1. The molecule has 0 aromatic carbocycles. The van der Waals surface area contributed by atoms with E-state index in [1.165, 1.54) is 0 Å². The summed E-state index contributed by atoms with van der Waals surface area (Å²) in [7, 11) is 0. The number of aliphatic hydroxyl groups is 1. The van der Waals surface area contributed by atoms with Crippen molar-refractivity contribution in [2.45, 2.75) is 51.2 Å². The molecule has 0 aliphatic carbocycles. The van der Waals surface area contributed by atoms with Crippen molar-refractivity contribution in [2.24, 2.45) is 17.4 Å². The number of aliphatic carboxylic acids is 1. The van der Waals surface area contributed by atoms with Gasteiger partial charge in [-0.15, -0.1) is 0 Å². The second-order valence-electron chi connectivity index (χ2n) is 6.47. The lowest BCUT2D eigenvalue weighted by Gasteiger charge is -2.22. The zero-order valence-electron chi connectivity index (χ0n) is 15.7. The van der Waals surface area contributed by atoms with Crippen LogP contribution in [-0.2, 0) is 19.2 Å². The Morgan fingerprint density at radius 3 is 2.11 bits per heavy atom. The molecule has 156 valence electrons. The molecule has 0 saturated heterocycles. The molecule has 3 atom stereocenters. The van der Waals surface area contributed by atoms with Crippen LogP contribution in [0.3, 0.4) is 0 Å². The molecular formula is C16H31N5O6. The second-order valence-corrected chi connectivity index (χ2v) is 6.47. The van der Waals surface area contributed by atoms with E-state index in [1.807, 2.05) is 0 Å². The third-order valence-corrected chi connectivity index (χ3v) is 3.84. The monoisotopic (exact) mass is 389 g/mol. The summed E-state index contributed by atoms with van der Waals surface area (Å²) in [5.41, 5.74) is 11.2. The molecule has 0 saturated carbocycles. The summed E-state index contributed by atoms with van der Waals surface area (Å²) in [5.74, 6) is -3.37. The molecule has 0 fully saturated rings. The molecule has 3 unspecified atom stereocenters. The first-order valence-corrected chi connectivity index (χ1v) is 8.80. The molecule has 0 rings (SSSR count). The largest absolute Gasteiger partial charge is 0.480 e. The minimum Gasteiger partial charge on any atom is -0.480 e. The molecule has 0 radical (unpaired) electrons. The highest BCUT2D eigenvalue weighted by molar-refractivity contribution is 5.92. The quantitative estimate of drug-likeness (QED) is 0.165. The fraction of sp³-hybridized carbons (Fsp3) is 0.750. The molecule has 11 nitrogen and oxygen atoms in total. The van der Waals surface area contributed by atoms with Gasteiger partial charge in [0.1, 0.15) is 12.1 Å². The van der Waals surface area contributed by atoms with Crippen molar-refractivity contribution in [1.29, 1.82) is 0 Å². The predicted octanol–water partition coefficient (Wildman–Crippen LogP) is -2.74. The highest BCUT2D eigenvalue weighted by atomic mass is 16.4. The number of hydrogen-bond donors (Lipinski definition) is 7. The maximum Gasteiger partial charge on any atom is 0.328 e. The summed E-state index contributed by atoms with van der Waals surface area (Å²) in [4.78, 5) is 46.9. The zero-order chi connectivity index (χ0) is 21.0. The minimum atomic E-state index is -1.46. The molecular weight excluding hydrogens is 358 g/mol. The van der Waals surface area contributed by atoms with Gasteiger partial charge < -0.3 is 37.6 Å². The van der Waals surface area contributed by atoms with E-state index in [1.54, 1.807) is 13.8 Å². The van der Waals surface area contributed by atoms with Gasteiger partial charge in [0.25, 0.3) is 0 Å². The SMILES string of the molecule is CC(C)C(N)C(=O)NC(CCCCN)C(=O)NCC(=O)NC(CO)C(=O)O. The molecule has 0 heterocycles. The van der Waals surface area contributed by atoms with Gasteiger partial charge >= 0.3 is 5.97 Å². The van der Waals surface area contributed by atoms with Crippen molar-refractivity contribution in [3.63, 3.8) is 0 Å². The van der Waals surface area contributed by atoms with Crippen LogP contribution in [0, 0.1) is 5.92 Å². The van der Waals surface area contributed by atoms with Crippen LogP contribution in [0.4, 0.5) is 0 Å². The van der Waals surface area contributed by atoms with E-state index in [0.717, 1.165) is 0 Å². The Labute approximate surface area is 158 Å². The van der Waals surface area contributed by atoms with Crippen LogP contribution in [0.5, 0.6) is 0 Å². The van der Waals surface area contributed by atoms with Gasteiger partial charge in [-0.3, -0.25) is 14.4 Å². The molecule has 11 heteroatoms. The van der Waals surface area contributed by atoms with Crippen molar-refractivity contribution in [1.82, 2.24) is 16.0 Å². The zero-order valence-corrected chi connectivity index (χ0v) is 15.7. The predicted molar refractivity (Wildman–Crippen MR) is 97.3 cm³/mol. The van der Waals surface area contributed by atoms with Crippen LogP contribution >= 0.6 is 0 Å². The maximum atomic E-state index is 12.3. The molecule has 0 aromatic heterocycles. The summed E-state index contributed by atoms with van der Waals surface area (Å²) < 4.78 is 0. The number of amides is 3. The van der Waals surface area contributed by atoms with Gasteiger partial charge in [0.2, 0.25) is 17.7 Å². The van der Waals surface area contributed by atoms with Crippen LogP contribution in [0.1, 0.15) is 33.1 Å². The van der Waals surface area contributed by atoms with E-state index in [0.29, 0.717) is 25.8 Å². The molecule has 0 aliphatic rings. The Bertz CT molecular complexity index is 514. The summed E-state index contributed by atoms with van der Waals surface area (Å²) >= 11 is 0. The third kappa shape index (κ3) is 9.87. The molecule has 0 aliphatic heterocycles. The lowest BCUT2D eigenvalue weighted by molar-refractivity contribution is -0.142. The second kappa shape index (κ2) is 13.0. The van der Waals surface area contributed by atoms with Gasteiger partial charge in [-0.2, -0.15) is 0 Å². The first kappa shape index (κ1) is 24.8. The number of carbonyl (C=O) groups is 4. The van der Waals surface area contributed by atoms with Crippen molar-refractivity contribution in [3.8, 4) is 0 Å². The summed E-state index contributed by atoms with van der Waals surface area (Å²) in [6, 6.07) is -3.13. The first-order valence-electron chi connectivity index (χ1n) is 8.80. The highest BCUT2D eigenvalue weighted by Crippen LogP contribution is 2.04. The summed E-state index contributed by atoms with van der Waals surface area (Å²) in [6.45, 7) is 2.71. The van der Waals surface area contributed by atoms with Crippen molar-refractivity contribution >= 4 is 23.7 Å². The number of nitrogens with one attached hydrogen (secondary N) is 3.